The highest BCUT2D eigenvalue weighted by molar-refractivity contribution is 6.29. The minimum atomic E-state index is -2.31. The van der Waals surface area contributed by atoms with Gasteiger partial charge in [-0.1, -0.05) is 11.5 Å². The van der Waals surface area contributed by atoms with E-state index in [0.29, 0.717) is 12.1 Å². The molecule has 5 atom stereocenters. The SMILES string of the molecule is O=C1OC[C@H]2OC(O)[C@H](O)[C@@H](O)[C@@H]2OC(=O)c2cc(O)c(O)c(O)c2-c2c([O-])c(O)c3oc(=O)c4c(c([O-])c(O)c5oc(=O)c2c3c54)-c2c1cc(O)c(O)c2O. The summed E-state index contributed by atoms with van der Waals surface area (Å²) < 4.78 is 26.1. The summed E-state index contributed by atoms with van der Waals surface area (Å²) in [6, 6.07) is 0.815. The Balaban J connectivity index is 1.62. The van der Waals surface area contributed by atoms with E-state index in [-0.39, 0.29) is 0 Å². The molecular weight excluding hydrogens is 760 g/mol. The Kier molecular flexibility index (Phi) is 7.50. The fourth-order valence-electron chi connectivity index (χ4n) is 6.97. The van der Waals surface area contributed by atoms with Crippen molar-refractivity contribution in [3.63, 3.8) is 0 Å². The second kappa shape index (κ2) is 11.8. The smallest absolute Gasteiger partial charge is 0.345 e. The van der Waals surface area contributed by atoms with Gasteiger partial charge in [0.1, 0.15) is 24.9 Å². The van der Waals surface area contributed by atoms with Gasteiger partial charge in [-0.2, -0.15) is 0 Å². The molecule has 2 aliphatic rings. The number of cyclic esters (lactones) is 1. The van der Waals surface area contributed by atoms with E-state index in [1.165, 1.54) is 0 Å². The summed E-state index contributed by atoms with van der Waals surface area (Å²) in [4.78, 5) is 55.3. The molecule has 11 N–H and O–H groups in total. The highest BCUT2D eigenvalue weighted by Gasteiger charge is 2.47. The van der Waals surface area contributed by atoms with E-state index in [9.17, 15) is 85.6 Å². The van der Waals surface area contributed by atoms with Crippen LogP contribution in [0.3, 0.4) is 0 Å². The molecule has 6 bridgehead atoms. The molecule has 1 fully saturated rings. The van der Waals surface area contributed by atoms with Crippen molar-refractivity contribution in [2.75, 3.05) is 6.61 Å². The highest BCUT2D eigenvalue weighted by Crippen LogP contribution is 2.57. The van der Waals surface area contributed by atoms with Gasteiger partial charge in [-0.3, -0.25) is 0 Å². The van der Waals surface area contributed by atoms with Crippen LogP contribution in [-0.2, 0) is 14.2 Å². The Bertz CT molecular complexity index is 2870. The number of benzene rings is 4. The number of esters is 2. The third-order valence-corrected chi connectivity index (χ3v) is 9.55. The standard InChI is InChI=1S/C34H22O22/c35-6-1-4-9(19(39)17(6)37)11-15-13-14-16(33(50)56-28(13)23(43)21(11)41)12(22(42)24(44)29(14)55-32(15)49)10-5(2-7(36)18(38)20(10)40)31(48)54-27-8(3-52-30(4)47)53-34(51)26(46)25(27)45/h1-2,8,25-27,34-46,51H,3H2/p-2/t8-,25-,26-,27-,34?/m1/s1. The van der Waals surface area contributed by atoms with E-state index < -0.39 is 184 Å². The van der Waals surface area contributed by atoms with Gasteiger partial charge < -0.3 is 89.4 Å². The van der Waals surface area contributed by atoms with Gasteiger partial charge in [-0.25, -0.2) is 19.2 Å². The zero-order chi connectivity index (χ0) is 40.6. The van der Waals surface area contributed by atoms with E-state index in [0.717, 1.165) is 0 Å². The summed E-state index contributed by atoms with van der Waals surface area (Å²) in [6.45, 7) is -1.18. The quantitative estimate of drug-likeness (QED) is 0.0371. The average Bonchev–Trinajstić information content (AvgIpc) is 3.15. The number of aliphatic hydroxyl groups excluding tert-OH is 3. The lowest BCUT2D eigenvalue weighted by molar-refractivity contribution is -0.285. The molecule has 0 radical (unpaired) electrons. The highest BCUT2D eigenvalue weighted by atomic mass is 16.7. The van der Waals surface area contributed by atoms with Crippen LogP contribution in [0.5, 0.6) is 57.5 Å². The lowest BCUT2D eigenvalue weighted by Crippen LogP contribution is -2.60. The van der Waals surface area contributed by atoms with Gasteiger partial charge in [0.15, 0.2) is 58.1 Å². The second-order valence-corrected chi connectivity index (χ2v) is 12.6. The first-order valence-electron chi connectivity index (χ1n) is 15.7. The summed E-state index contributed by atoms with van der Waals surface area (Å²) >= 11 is 0. The Morgan fingerprint density at radius 3 is 1.46 bits per heavy atom. The summed E-state index contributed by atoms with van der Waals surface area (Å²) in [5.74, 6) is -18.3. The Labute approximate surface area is 304 Å². The number of aromatic hydroxyl groups is 8. The van der Waals surface area contributed by atoms with E-state index in [1.807, 2.05) is 0 Å². The fourth-order valence-corrected chi connectivity index (χ4v) is 6.97. The van der Waals surface area contributed by atoms with Crippen LogP contribution in [0.4, 0.5) is 0 Å². The number of phenols is 8. The van der Waals surface area contributed by atoms with Crippen LogP contribution < -0.4 is 21.5 Å². The molecule has 4 aromatic carbocycles. The van der Waals surface area contributed by atoms with Crippen LogP contribution in [0.2, 0.25) is 0 Å². The maximum Gasteiger partial charge on any atom is 0.345 e. The number of fused-ring (bicyclic) bond motifs is 5. The van der Waals surface area contributed by atoms with E-state index in [2.05, 4.69) is 0 Å². The van der Waals surface area contributed by atoms with Gasteiger partial charge in [0.05, 0.1) is 21.9 Å². The zero-order valence-electron chi connectivity index (χ0n) is 27.2. The third-order valence-electron chi connectivity index (χ3n) is 9.55. The molecule has 22 heteroatoms. The minimum absolute atomic E-state index is 0.388. The molecule has 56 heavy (non-hydrogen) atoms. The molecule has 22 nitrogen and oxygen atoms in total. The van der Waals surface area contributed by atoms with Crippen molar-refractivity contribution in [3.05, 3.63) is 44.1 Å². The molecule has 1 saturated heterocycles. The number of rotatable bonds is 0. The van der Waals surface area contributed by atoms with Crippen LogP contribution >= 0.6 is 0 Å². The van der Waals surface area contributed by atoms with Crippen molar-refractivity contribution < 1.29 is 99.0 Å². The summed E-state index contributed by atoms with van der Waals surface area (Å²) in [7, 11) is 0. The molecule has 2 aromatic heterocycles. The minimum Gasteiger partial charge on any atom is -0.869 e. The molecule has 4 heterocycles. The van der Waals surface area contributed by atoms with Crippen molar-refractivity contribution >= 4 is 44.6 Å². The maximum absolute atomic E-state index is 13.9. The van der Waals surface area contributed by atoms with Gasteiger partial charge in [0.2, 0.25) is 11.5 Å². The van der Waals surface area contributed by atoms with E-state index >= 15 is 0 Å². The number of carbonyl (C=O) groups excluding carboxylic acids is 2. The maximum atomic E-state index is 13.9. The molecule has 1 unspecified atom stereocenters. The first-order chi connectivity index (χ1) is 26.4. The zero-order valence-corrected chi connectivity index (χ0v) is 27.2. The number of phenolic OH excluding ortho intramolecular Hbond substituents is 8. The van der Waals surface area contributed by atoms with E-state index in [4.69, 9.17) is 23.0 Å². The Hall–Kier alpha value is -7.40. The summed E-state index contributed by atoms with van der Waals surface area (Å²) in [5.41, 5.74) is -12.6. The lowest BCUT2D eigenvalue weighted by Gasteiger charge is -2.40. The predicted molar refractivity (Wildman–Crippen MR) is 173 cm³/mol. The van der Waals surface area contributed by atoms with Gasteiger partial charge in [-0.15, -0.1) is 0 Å². The van der Waals surface area contributed by atoms with Crippen LogP contribution in [0, 0.1) is 0 Å². The molecule has 0 aliphatic carbocycles. The number of aliphatic hydroxyl groups is 3. The molecule has 0 amide bonds. The van der Waals surface area contributed by atoms with Crippen LogP contribution in [0.1, 0.15) is 20.7 Å². The molecule has 6 aromatic rings. The van der Waals surface area contributed by atoms with Crippen molar-refractivity contribution in [3.8, 4) is 79.7 Å². The third kappa shape index (κ3) is 4.57. The predicted octanol–water partition coefficient (Wildman–Crippen LogP) is -1.25. The number of carbonyl (C=O) groups is 2. The van der Waals surface area contributed by atoms with Crippen LogP contribution in [-0.4, -0.2) is 105 Å². The molecular formula is C34H20O22-2. The largest absolute Gasteiger partial charge is 0.869 e. The Morgan fingerprint density at radius 1 is 0.554 bits per heavy atom. The first-order valence-corrected chi connectivity index (χ1v) is 15.7. The first kappa shape index (κ1) is 35.6. The topological polar surface area (TPSA) is 391 Å². The molecule has 0 spiro atoms. The molecule has 290 valence electrons. The van der Waals surface area contributed by atoms with E-state index in [1.54, 1.807) is 0 Å². The van der Waals surface area contributed by atoms with Gasteiger partial charge >= 0.3 is 23.2 Å². The number of hydrogen-bond donors (Lipinski definition) is 11. The van der Waals surface area contributed by atoms with Crippen molar-refractivity contribution in [1.82, 2.24) is 0 Å². The monoisotopic (exact) mass is 780 g/mol. The number of hydrogen-bond acceptors (Lipinski definition) is 22. The van der Waals surface area contributed by atoms with Crippen molar-refractivity contribution in [1.29, 1.82) is 0 Å². The van der Waals surface area contributed by atoms with Gasteiger partial charge in [0, 0.05) is 21.9 Å². The summed E-state index contributed by atoms with van der Waals surface area (Å²) in [6.07, 6.45) is -11.0. The second-order valence-electron chi connectivity index (χ2n) is 12.6. The normalized spacial score (nSPS) is 21.3. The van der Waals surface area contributed by atoms with Crippen LogP contribution in [0.15, 0.2) is 30.6 Å². The Morgan fingerprint density at radius 2 is 1.00 bits per heavy atom. The molecule has 8 rings (SSSR count). The average molecular weight is 781 g/mol. The fraction of sp³-hybridized carbons (Fsp3) is 0.176. The van der Waals surface area contributed by atoms with Gasteiger partial charge in [0.25, 0.3) is 0 Å². The molecule has 2 aliphatic heterocycles. The van der Waals surface area contributed by atoms with Gasteiger partial charge in [-0.05, 0) is 23.3 Å². The van der Waals surface area contributed by atoms with Crippen LogP contribution in [0.25, 0.3) is 55.0 Å². The summed E-state index contributed by atoms with van der Waals surface area (Å²) in [5, 5.41) is 142. The molecule has 0 saturated carbocycles. The lowest BCUT2D eigenvalue weighted by atomic mass is 9.88. The van der Waals surface area contributed by atoms with Crippen molar-refractivity contribution in [2.24, 2.45) is 0 Å². The van der Waals surface area contributed by atoms with Crippen molar-refractivity contribution in [2.45, 2.75) is 30.7 Å². The number of ether oxygens (including phenoxy) is 3.